The van der Waals surface area contributed by atoms with Gasteiger partial charge in [0.05, 0.1) is 5.56 Å². The first kappa shape index (κ1) is 13.8. The van der Waals surface area contributed by atoms with E-state index in [-0.39, 0.29) is 0 Å². The molecule has 4 nitrogen and oxygen atoms in total. The number of benzene rings is 2. The van der Waals surface area contributed by atoms with Crippen LogP contribution in [0.2, 0.25) is 0 Å². The maximum absolute atomic E-state index is 12.7. The number of rotatable bonds is 2. The number of carbonyl (C=O) groups is 2. The maximum Gasteiger partial charge on any atom is 0.299 e. The smallest absolute Gasteiger partial charge is 0.299 e. The largest absolute Gasteiger partial charge is 0.360 e. The summed E-state index contributed by atoms with van der Waals surface area (Å²) in [6, 6.07) is 13.5. The van der Waals surface area contributed by atoms with E-state index in [4.69, 9.17) is 0 Å². The highest BCUT2D eigenvalue weighted by atomic mass is 16.2. The van der Waals surface area contributed by atoms with Gasteiger partial charge < -0.3 is 9.88 Å². The van der Waals surface area contributed by atoms with Crippen molar-refractivity contribution in [2.24, 2.45) is 0 Å². The fourth-order valence-electron chi connectivity index (χ4n) is 3.24. The minimum absolute atomic E-state index is 0.436. The van der Waals surface area contributed by atoms with E-state index in [0.29, 0.717) is 12.1 Å². The Hall–Kier alpha value is -2.88. The van der Waals surface area contributed by atoms with Gasteiger partial charge in [0.15, 0.2) is 0 Å². The first-order valence-electron chi connectivity index (χ1n) is 7.67. The summed E-state index contributed by atoms with van der Waals surface area (Å²) in [4.78, 5) is 30.0. The first-order chi connectivity index (χ1) is 11.1. The third-order valence-electron chi connectivity index (χ3n) is 4.40. The topological polar surface area (TPSA) is 53.2 Å². The van der Waals surface area contributed by atoms with Crippen LogP contribution < -0.4 is 4.90 Å². The Labute approximate surface area is 133 Å². The molecule has 23 heavy (non-hydrogen) atoms. The molecule has 0 aliphatic carbocycles. The van der Waals surface area contributed by atoms with Crippen LogP contribution in [0, 0.1) is 6.92 Å². The van der Waals surface area contributed by atoms with Crippen molar-refractivity contribution >= 4 is 28.3 Å². The predicted octanol–water partition coefficient (Wildman–Crippen LogP) is 3.25. The number of H-pyrrole nitrogens is 1. The van der Waals surface area contributed by atoms with Crippen LogP contribution >= 0.6 is 0 Å². The highest BCUT2D eigenvalue weighted by Crippen LogP contribution is 2.30. The van der Waals surface area contributed by atoms with Gasteiger partial charge in [-0.25, -0.2) is 0 Å². The summed E-state index contributed by atoms with van der Waals surface area (Å²) in [6.07, 6.45) is 2.42. The Morgan fingerprint density at radius 2 is 1.96 bits per heavy atom. The van der Waals surface area contributed by atoms with Gasteiger partial charge in [0.25, 0.3) is 11.7 Å². The van der Waals surface area contributed by atoms with Crippen LogP contribution in [0.25, 0.3) is 10.9 Å². The Morgan fingerprint density at radius 1 is 1.13 bits per heavy atom. The van der Waals surface area contributed by atoms with Gasteiger partial charge >= 0.3 is 0 Å². The molecule has 0 bridgehead atoms. The molecule has 4 heteroatoms. The Morgan fingerprint density at radius 3 is 2.83 bits per heavy atom. The number of carbonyl (C=O) groups excluding carboxylic acids is 2. The second-order valence-electron chi connectivity index (χ2n) is 5.92. The number of nitrogens with one attached hydrogen (secondary N) is 1. The number of aryl methyl sites for hydroxylation is 1. The summed E-state index contributed by atoms with van der Waals surface area (Å²) in [5, 5.41) is 0.786. The van der Waals surface area contributed by atoms with Crippen LogP contribution in [-0.4, -0.2) is 23.2 Å². The number of aromatic nitrogens is 1. The molecule has 2 aromatic carbocycles. The van der Waals surface area contributed by atoms with Crippen LogP contribution in [-0.2, 0) is 11.2 Å². The second-order valence-corrected chi connectivity index (χ2v) is 5.92. The fourth-order valence-corrected chi connectivity index (χ4v) is 3.24. The molecule has 0 radical (unpaired) electrons. The number of hydrogen-bond acceptors (Lipinski definition) is 2. The van der Waals surface area contributed by atoms with E-state index in [9.17, 15) is 9.59 Å². The number of Topliss-reactive ketones (excluding diaryl/α,β-unsaturated/α-hetero) is 1. The van der Waals surface area contributed by atoms with Gasteiger partial charge in [0.2, 0.25) is 0 Å². The lowest BCUT2D eigenvalue weighted by molar-refractivity contribution is -0.114. The van der Waals surface area contributed by atoms with Crippen LogP contribution in [0.1, 0.15) is 21.5 Å². The lowest BCUT2D eigenvalue weighted by Gasteiger charge is -2.16. The number of aromatic amines is 1. The standard InChI is InChI=1S/C19H16N2O2/c1-12-6-7-17-13(10-12)8-9-21(17)19(23)18(22)15-11-20-16-5-3-2-4-14(15)16/h2-7,10-11,20H,8-9H2,1H3. The van der Waals surface area contributed by atoms with Crippen molar-refractivity contribution in [3.05, 3.63) is 65.4 Å². The van der Waals surface area contributed by atoms with Gasteiger partial charge in [-0.15, -0.1) is 0 Å². The van der Waals surface area contributed by atoms with Crippen LogP contribution in [0.5, 0.6) is 0 Å². The lowest BCUT2D eigenvalue weighted by Crippen LogP contribution is -2.35. The molecule has 3 aromatic rings. The van der Waals surface area contributed by atoms with E-state index in [1.54, 1.807) is 11.1 Å². The molecule has 0 unspecified atom stereocenters. The van der Waals surface area contributed by atoms with Gasteiger partial charge in [-0.3, -0.25) is 9.59 Å². The number of amides is 1. The summed E-state index contributed by atoms with van der Waals surface area (Å²) in [6.45, 7) is 2.59. The molecule has 0 saturated heterocycles. The van der Waals surface area contributed by atoms with Crippen LogP contribution in [0.4, 0.5) is 5.69 Å². The van der Waals surface area contributed by atoms with Gasteiger partial charge in [0, 0.05) is 29.3 Å². The molecule has 0 fully saturated rings. The zero-order chi connectivity index (χ0) is 16.0. The number of hydrogen-bond donors (Lipinski definition) is 1. The van der Waals surface area contributed by atoms with Crippen molar-refractivity contribution in [3.63, 3.8) is 0 Å². The van der Waals surface area contributed by atoms with Gasteiger partial charge in [0.1, 0.15) is 0 Å². The zero-order valence-corrected chi connectivity index (χ0v) is 12.8. The van der Waals surface area contributed by atoms with E-state index < -0.39 is 11.7 Å². The molecule has 1 aliphatic heterocycles. The normalized spacial score (nSPS) is 13.3. The van der Waals surface area contributed by atoms with Crippen molar-refractivity contribution in [3.8, 4) is 0 Å². The molecule has 1 amide bonds. The van der Waals surface area contributed by atoms with Crippen molar-refractivity contribution < 1.29 is 9.59 Å². The van der Waals surface area contributed by atoms with Crippen LogP contribution in [0.3, 0.4) is 0 Å². The summed E-state index contributed by atoms with van der Waals surface area (Å²) in [5.74, 6) is -0.923. The number of fused-ring (bicyclic) bond motifs is 2. The van der Waals surface area contributed by atoms with Gasteiger partial charge in [-0.2, -0.15) is 0 Å². The molecular weight excluding hydrogens is 288 g/mol. The van der Waals surface area contributed by atoms with Crippen molar-refractivity contribution in [2.45, 2.75) is 13.3 Å². The molecule has 0 spiro atoms. The number of para-hydroxylation sites is 1. The zero-order valence-electron chi connectivity index (χ0n) is 12.8. The predicted molar refractivity (Wildman–Crippen MR) is 89.9 cm³/mol. The molecule has 114 valence electrons. The molecule has 1 aromatic heterocycles. The maximum atomic E-state index is 12.7. The van der Waals surface area contributed by atoms with E-state index in [1.807, 2.05) is 43.3 Å². The van der Waals surface area contributed by atoms with E-state index in [1.165, 1.54) is 5.56 Å². The number of anilines is 1. The minimum Gasteiger partial charge on any atom is -0.360 e. The van der Waals surface area contributed by atoms with E-state index >= 15 is 0 Å². The third kappa shape index (κ3) is 2.14. The Kier molecular flexibility index (Phi) is 3.05. The van der Waals surface area contributed by atoms with Gasteiger partial charge in [-0.05, 0) is 31.0 Å². The fraction of sp³-hybridized carbons (Fsp3) is 0.158. The van der Waals surface area contributed by atoms with Crippen molar-refractivity contribution in [1.82, 2.24) is 4.98 Å². The average molecular weight is 304 g/mol. The van der Waals surface area contributed by atoms with Gasteiger partial charge in [-0.1, -0.05) is 35.9 Å². The third-order valence-corrected chi connectivity index (χ3v) is 4.40. The quantitative estimate of drug-likeness (QED) is 0.583. The summed E-state index contributed by atoms with van der Waals surface area (Å²) >= 11 is 0. The van der Waals surface area contributed by atoms with Crippen molar-refractivity contribution in [1.29, 1.82) is 0 Å². The van der Waals surface area contributed by atoms with E-state index in [2.05, 4.69) is 11.1 Å². The lowest BCUT2D eigenvalue weighted by atomic mass is 10.1. The SMILES string of the molecule is Cc1ccc2c(c1)CCN2C(=O)C(=O)c1c[nH]c2ccccc12. The molecule has 1 aliphatic rings. The summed E-state index contributed by atoms with van der Waals surface area (Å²) < 4.78 is 0. The molecular formula is C19H16N2O2. The molecule has 2 heterocycles. The van der Waals surface area contributed by atoms with E-state index in [0.717, 1.165) is 28.6 Å². The molecule has 4 rings (SSSR count). The Bertz CT molecular complexity index is 939. The Balaban J connectivity index is 1.69. The van der Waals surface area contributed by atoms with Crippen LogP contribution in [0.15, 0.2) is 48.7 Å². The monoisotopic (exact) mass is 304 g/mol. The summed E-state index contributed by atoms with van der Waals surface area (Å²) in [7, 11) is 0. The molecule has 0 saturated carbocycles. The number of ketones is 1. The summed E-state index contributed by atoms with van der Waals surface area (Å²) in [5.41, 5.74) is 4.45. The minimum atomic E-state index is -0.462. The highest BCUT2D eigenvalue weighted by Gasteiger charge is 2.30. The average Bonchev–Trinajstić information content (AvgIpc) is 3.17. The molecule has 1 N–H and O–H groups in total. The first-order valence-corrected chi connectivity index (χ1v) is 7.67. The second kappa shape index (κ2) is 5.09. The molecule has 0 atom stereocenters. The highest BCUT2D eigenvalue weighted by molar-refractivity contribution is 6.49. The van der Waals surface area contributed by atoms with Crippen molar-refractivity contribution in [2.75, 3.05) is 11.4 Å². The number of nitrogens with zero attached hydrogens (tertiary/aromatic N) is 1.